The number of hydrogen-bond donors (Lipinski definition) is 1. The molecule has 0 spiro atoms. The van der Waals surface area contributed by atoms with E-state index in [0.717, 1.165) is 24.9 Å². The van der Waals surface area contributed by atoms with Crippen LogP contribution in [0.4, 0.5) is 0 Å². The Labute approximate surface area is 128 Å². The van der Waals surface area contributed by atoms with Gasteiger partial charge >= 0.3 is 0 Å². The lowest BCUT2D eigenvalue weighted by Gasteiger charge is -2.29. The van der Waals surface area contributed by atoms with Crippen LogP contribution in [0.15, 0.2) is 18.2 Å². The molecule has 2 aliphatic rings. The van der Waals surface area contributed by atoms with E-state index in [1.807, 2.05) is 0 Å². The Morgan fingerprint density at radius 3 is 2.70 bits per heavy atom. The molecular formula is C17H24ClNO. The predicted molar refractivity (Wildman–Crippen MR) is 76.7 cm³/mol. The summed E-state index contributed by atoms with van der Waals surface area (Å²) < 4.78 is 0. The zero-order valence-electron chi connectivity index (χ0n) is 12.3. The fraction of sp³-hybridized carbons (Fsp3) is 0.588. The molecule has 0 radical (unpaired) electrons. The Kier molecular flexibility index (Phi) is 5.22. The smallest absolute Gasteiger partial charge is 0.171 e. The second-order valence-electron chi connectivity index (χ2n) is 6.28. The monoisotopic (exact) mass is 293 g/mol. The quantitative estimate of drug-likeness (QED) is 0.728. The van der Waals surface area contributed by atoms with Crippen LogP contribution in [0.5, 0.6) is 0 Å². The number of hydrogen-bond acceptors (Lipinski definition) is 1. The highest BCUT2D eigenvalue weighted by Gasteiger charge is 2.31. The number of fused-ring (bicyclic) bond motifs is 1. The van der Waals surface area contributed by atoms with Gasteiger partial charge in [0.2, 0.25) is 0 Å². The second kappa shape index (κ2) is 6.73. The first-order valence-electron chi connectivity index (χ1n) is 7.71. The molecule has 3 rings (SSSR count). The van der Waals surface area contributed by atoms with Crippen molar-refractivity contribution in [1.82, 2.24) is 0 Å². The lowest BCUT2D eigenvalue weighted by atomic mass is 9.81. The lowest BCUT2D eigenvalue weighted by molar-refractivity contribution is -0.907. The molecule has 1 aliphatic carbocycles. The maximum Gasteiger partial charge on any atom is 0.171 e. The van der Waals surface area contributed by atoms with Gasteiger partial charge in [0.05, 0.1) is 25.6 Å². The molecule has 1 atom stereocenters. The first-order valence-corrected chi connectivity index (χ1v) is 7.71. The molecule has 0 amide bonds. The van der Waals surface area contributed by atoms with Gasteiger partial charge in [0.15, 0.2) is 5.78 Å². The van der Waals surface area contributed by atoms with Crippen molar-refractivity contribution in [3.8, 4) is 0 Å². The topological polar surface area (TPSA) is 21.5 Å². The first-order chi connectivity index (χ1) is 9.24. The highest BCUT2D eigenvalue weighted by atomic mass is 35.5. The minimum absolute atomic E-state index is 0. The van der Waals surface area contributed by atoms with E-state index in [1.165, 1.54) is 43.5 Å². The summed E-state index contributed by atoms with van der Waals surface area (Å²) in [7, 11) is 0. The maximum atomic E-state index is 12.6. The molecule has 1 aromatic carbocycles. The van der Waals surface area contributed by atoms with E-state index in [4.69, 9.17) is 0 Å². The van der Waals surface area contributed by atoms with Crippen molar-refractivity contribution in [2.45, 2.75) is 39.0 Å². The molecule has 1 heterocycles. The number of aryl methyl sites for hydroxylation is 2. The van der Waals surface area contributed by atoms with E-state index in [-0.39, 0.29) is 18.3 Å². The van der Waals surface area contributed by atoms with E-state index in [1.54, 1.807) is 4.90 Å². The number of Topliss-reactive ketones (excluding diaryl/α,β-unsaturated/α-hetero) is 1. The SMILES string of the molecule is Cc1ccc2c(c1)C(=O)C(C[NH+]1CCCCC1)CC2.[Cl-]. The van der Waals surface area contributed by atoms with Crippen LogP contribution in [0.25, 0.3) is 0 Å². The number of likely N-dealkylation sites (tertiary alicyclic amines) is 1. The van der Waals surface area contributed by atoms with Crippen LogP contribution >= 0.6 is 0 Å². The Morgan fingerprint density at radius 1 is 1.20 bits per heavy atom. The number of halogens is 1. The minimum Gasteiger partial charge on any atom is -1.00 e. The Balaban J connectivity index is 0.00000147. The zero-order chi connectivity index (χ0) is 13.2. The van der Waals surface area contributed by atoms with Gasteiger partial charge in [0.25, 0.3) is 0 Å². The van der Waals surface area contributed by atoms with Gasteiger partial charge in [-0.3, -0.25) is 4.79 Å². The number of piperidine rings is 1. The van der Waals surface area contributed by atoms with Gasteiger partial charge in [-0.05, 0) is 50.7 Å². The number of carbonyl (C=O) groups is 1. The third-order valence-electron chi connectivity index (χ3n) is 4.76. The molecular weight excluding hydrogens is 270 g/mol. The van der Waals surface area contributed by atoms with Crippen LogP contribution in [0.1, 0.15) is 47.2 Å². The van der Waals surface area contributed by atoms with E-state index < -0.39 is 0 Å². The highest BCUT2D eigenvalue weighted by Crippen LogP contribution is 2.25. The fourth-order valence-corrected chi connectivity index (χ4v) is 3.62. The molecule has 0 bridgehead atoms. The van der Waals surface area contributed by atoms with Gasteiger partial charge in [-0.15, -0.1) is 0 Å². The molecule has 0 aromatic heterocycles. The summed E-state index contributed by atoms with van der Waals surface area (Å²) >= 11 is 0. The predicted octanol–water partition coefficient (Wildman–Crippen LogP) is -1.19. The van der Waals surface area contributed by atoms with Crippen LogP contribution < -0.4 is 17.3 Å². The summed E-state index contributed by atoms with van der Waals surface area (Å²) in [6, 6.07) is 6.37. The van der Waals surface area contributed by atoms with Crippen LogP contribution in [-0.2, 0) is 6.42 Å². The van der Waals surface area contributed by atoms with Crippen molar-refractivity contribution in [2.24, 2.45) is 5.92 Å². The molecule has 2 nitrogen and oxygen atoms in total. The fourth-order valence-electron chi connectivity index (χ4n) is 3.62. The molecule has 1 saturated heterocycles. The summed E-state index contributed by atoms with van der Waals surface area (Å²) in [5.41, 5.74) is 3.48. The van der Waals surface area contributed by atoms with Crippen molar-refractivity contribution < 1.29 is 22.1 Å². The average molecular weight is 294 g/mol. The number of ketones is 1. The lowest BCUT2D eigenvalue weighted by Crippen LogP contribution is -3.13. The normalized spacial score (nSPS) is 23.1. The molecule has 1 aliphatic heterocycles. The Morgan fingerprint density at radius 2 is 1.95 bits per heavy atom. The summed E-state index contributed by atoms with van der Waals surface area (Å²) in [5, 5.41) is 0. The number of nitrogens with one attached hydrogen (secondary N) is 1. The summed E-state index contributed by atoms with van der Waals surface area (Å²) in [6.07, 6.45) is 6.19. The van der Waals surface area contributed by atoms with Gasteiger partial charge in [0.1, 0.15) is 0 Å². The van der Waals surface area contributed by atoms with Gasteiger partial charge in [-0.2, -0.15) is 0 Å². The molecule has 3 heteroatoms. The van der Waals surface area contributed by atoms with Crippen LogP contribution in [0, 0.1) is 12.8 Å². The van der Waals surface area contributed by atoms with Gasteiger partial charge in [0, 0.05) is 5.56 Å². The third-order valence-corrected chi connectivity index (χ3v) is 4.76. The summed E-state index contributed by atoms with van der Waals surface area (Å²) in [5.74, 6) is 0.672. The molecule has 1 fully saturated rings. The van der Waals surface area contributed by atoms with Crippen LogP contribution in [0.3, 0.4) is 0 Å². The van der Waals surface area contributed by atoms with Crippen molar-refractivity contribution in [2.75, 3.05) is 19.6 Å². The van der Waals surface area contributed by atoms with Crippen molar-refractivity contribution in [3.05, 3.63) is 34.9 Å². The number of benzene rings is 1. The minimum atomic E-state index is 0. The van der Waals surface area contributed by atoms with E-state index in [9.17, 15) is 4.79 Å². The van der Waals surface area contributed by atoms with E-state index >= 15 is 0 Å². The number of quaternary nitrogens is 1. The largest absolute Gasteiger partial charge is 1.00 e. The first kappa shape index (κ1) is 15.5. The second-order valence-corrected chi connectivity index (χ2v) is 6.28. The third kappa shape index (κ3) is 3.24. The average Bonchev–Trinajstić information content (AvgIpc) is 2.44. The summed E-state index contributed by atoms with van der Waals surface area (Å²) in [6.45, 7) is 5.67. The molecule has 1 aromatic rings. The summed E-state index contributed by atoms with van der Waals surface area (Å²) in [4.78, 5) is 14.3. The molecule has 20 heavy (non-hydrogen) atoms. The van der Waals surface area contributed by atoms with Gasteiger partial charge in [-0.25, -0.2) is 0 Å². The zero-order valence-corrected chi connectivity index (χ0v) is 13.0. The van der Waals surface area contributed by atoms with Crippen LogP contribution in [0.2, 0.25) is 0 Å². The van der Waals surface area contributed by atoms with Crippen LogP contribution in [-0.4, -0.2) is 25.4 Å². The number of rotatable bonds is 2. The van der Waals surface area contributed by atoms with Gasteiger partial charge < -0.3 is 17.3 Å². The van der Waals surface area contributed by atoms with Gasteiger partial charge in [-0.1, -0.05) is 17.7 Å². The van der Waals surface area contributed by atoms with E-state index in [2.05, 4.69) is 25.1 Å². The Hall–Kier alpha value is -0.860. The van der Waals surface area contributed by atoms with Crippen molar-refractivity contribution in [3.63, 3.8) is 0 Å². The Bertz CT molecular complexity index is 480. The molecule has 110 valence electrons. The van der Waals surface area contributed by atoms with Crippen molar-refractivity contribution in [1.29, 1.82) is 0 Å². The van der Waals surface area contributed by atoms with E-state index in [0.29, 0.717) is 5.78 Å². The highest BCUT2D eigenvalue weighted by molar-refractivity contribution is 6.00. The number of carbonyl (C=O) groups excluding carboxylic acids is 1. The molecule has 1 N–H and O–H groups in total. The molecule has 1 unspecified atom stereocenters. The standard InChI is InChI=1S/C17H23NO.ClH/c1-13-5-6-14-7-8-15(17(19)16(14)11-13)12-18-9-3-2-4-10-18;/h5-6,11,15H,2-4,7-10,12H2,1H3;1H. The maximum absolute atomic E-state index is 12.6. The molecule has 0 saturated carbocycles. The van der Waals surface area contributed by atoms with Crippen molar-refractivity contribution >= 4 is 5.78 Å².